The summed E-state index contributed by atoms with van der Waals surface area (Å²) < 4.78 is 6.73. The van der Waals surface area contributed by atoms with Gasteiger partial charge in [0.2, 0.25) is 0 Å². The number of methoxy groups -OCH3 is 1. The van der Waals surface area contributed by atoms with E-state index in [4.69, 9.17) is 22.1 Å². The normalized spacial score (nSPS) is 10.6. The molecule has 0 spiro atoms. The molecule has 5 nitrogen and oxygen atoms in total. The molecule has 1 aromatic heterocycles. The maximum atomic E-state index is 6.15. The summed E-state index contributed by atoms with van der Waals surface area (Å²) in [5.74, 6) is 1.99. The minimum atomic E-state index is 0.345. The van der Waals surface area contributed by atoms with Crippen LogP contribution in [0.15, 0.2) is 18.2 Å². The highest BCUT2D eigenvalue weighted by atomic mass is 35.5. The molecule has 0 atom stereocenters. The van der Waals surface area contributed by atoms with Crippen LogP contribution in [0.5, 0.6) is 5.75 Å². The van der Waals surface area contributed by atoms with Gasteiger partial charge in [-0.15, -0.1) is 0 Å². The van der Waals surface area contributed by atoms with Crippen LogP contribution in [0, 0.1) is 0 Å². The van der Waals surface area contributed by atoms with Crippen LogP contribution in [0.25, 0.3) is 11.4 Å². The van der Waals surface area contributed by atoms with Crippen molar-refractivity contribution >= 4 is 11.6 Å². The number of rotatable bonds is 3. The minimum Gasteiger partial charge on any atom is -0.497 e. The molecule has 1 aromatic carbocycles. The van der Waals surface area contributed by atoms with Gasteiger partial charge >= 0.3 is 0 Å². The molecule has 0 aliphatic rings. The van der Waals surface area contributed by atoms with E-state index in [1.165, 1.54) is 0 Å². The molecule has 0 bridgehead atoms. The summed E-state index contributed by atoms with van der Waals surface area (Å²) in [6, 6.07) is 5.38. The average molecular weight is 253 g/mol. The number of hydrogen-bond donors (Lipinski definition) is 1. The van der Waals surface area contributed by atoms with Crippen molar-refractivity contribution in [2.45, 2.75) is 6.54 Å². The standard InChI is InChI=1S/C11H13ClN4O/c1-16-10(6-13)14-11(15-16)8-4-3-7(17-2)5-9(8)12/h3-5H,6,13H2,1-2H3. The molecular weight excluding hydrogens is 240 g/mol. The fourth-order valence-electron chi connectivity index (χ4n) is 1.51. The summed E-state index contributed by atoms with van der Waals surface area (Å²) >= 11 is 6.15. The monoisotopic (exact) mass is 252 g/mol. The lowest BCUT2D eigenvalue weighted by atomic mass is 10.2. The van der Waals surface area contributed by atoms with E-state index in [0.29, 0.717) is 29.0 Å². The summed E-state index contributed by atoms with van der Waals surface area (Å²) in [5.41, 5.74) is 6.32. The third-order valence-electron chi connectivity index (χ3n) is 2.45. The van der Waals surface area contributed by atoms with Gasteiger partial charge in [0.05, 0.1) is 18.7 Å². The van der Waals surface area contributed by atoms with Crippen molar-refractivity contribution in [3.05, 3.63) is 29.0 Å². The second-order valence-corrected chi connectivity index (χ2v) is 3.93. The maximum absolute atomic E-state index is 6.15. The van der Waals surface area contributed by atoms with Gasteiger partial charge in [-0.1, -0.05) is 11.6 Å². The molecule has 6 heteroatoms. The Balaban J connectivity index is 2.45. The highest BCUT2D eigenvalue weighted by Gasteiger charge is 2.11. The third-order valence-corrected chi connectivity index (χ3v) is 2.77. The second-order valence-electron chi connectivity index (χ2n) is 3.53. The van der Waals surface area contributed by atoms with Crippen LogP contribution in [0.1, 0.15) is 5.82 Å². The van der Waals surface area contributed by atoms with Crippen LogP contribution >= 0.6 is 11.6 Å². The van der Waals surface area contributed by atoms with Crippen LogP contribution in [0.2, 0.25) is 5.02 Å². The van der Waals surface area contributed by atoms with Gasteiger partial charge in [0, 0.05) is 12.6 Å². The van der Waals surface area contributed by atoms with Gasteiger partial charge in [0.25, 0.3) is 0 Å². The van der Waals surface area contributed by atoms with Crippen molar-refractivity contribution in [2.75, 3.05) is 7.11 Å². The first kappa shape index (κ1) is 11.9. The number of halogens is 1. The molecule has 2 rings (SSSR count). The van der Waals surface area contributed by atoms with Gasteiger partial charge in [-0.3, -0.25) is 4.68 Å². The number of nitrogens with two attached hydrogens (primary N) is 1. The van der Waals surface area contributed by atoms with Crippen molar-refractivity contribution < 1.29 is 4.74 Å². The van der Waals surface area contributed by atoms with Crippen LogP contribution in [0.4, 0.5) is 0 Å². The molecule has 0 aliphatic heterocycles. The fourth-order valence-corrected chi connectivity index (χ4v) is 1.77. The number of aryl methyl sites for hydroxylation is 1. The molecule has 1 heterocycles. The molecule has 0 unspecified atom stereocenters. The molecule has 0 amide bonds. The minimum absolute atomic E-state index is 0.345. The largest absolute Gasteiger partial charge is 0.497 e. The average Bonchev–Trinajstić information content (AvgIpc) is 2.70. The van der Waals surface area contributed by atoms with Gasteiger partial charge in [-0.25, -0.2) is 4.98 Å². The van der Waals surface area contributed by atoms with Crippen LogP contribution < -0.4 is 10.5 Å². The summed E-state index contributed by atoms with van der Waals surface area (Å²) in [7, 11) is 3.40. The van der Waals surface area contributed by atoms with Gasteiger partial charge in [-0.05, 0) is 18.2 Å². The van der Waals surface area contributed by atoms with Crippen molar-refractivity contribution in [3.8, 4) is 17.1 Å². The van der Waals surface area contributed by atoms with Crippen LogP contribution in [-0.4, -0.2) is 21.9 Å². The van der Waals surface area contributed by atoms with E-state index in [9.17, 15) is 0 Å². The van der Waals surface area contributed by atoms with Crippen LogP contribution in [-0.2, 0) is 13.6 Å². The van der Waals surface area contributed by atoms with Gasteiger partial charge in [0.1, 0.15) is 11.6 Å². The lowest BCUT2D eigenvalue weighted by Gasteiger charge is -2.03. The molecule has 2 N–H and O–H groups in total. The molecule has 17 heavy (non-hydrogen) atoms. The Kier molecular flexibility index (Phi) is 3.31. The van der Waals surface area contributed by atoms with E-state index in [-0.39, 0.29) is 0 Å². The quantitative estimate of drug-likeness (QED) is 0.901. The Morgan fingerprint density at radius 1 is 1.47 bits per heavy atom. The van der Waals surface area contributed by atoms with Gasteiger partial charge in [0.15, 0.2) is 5.82 Å². The number of benzene rings is 1. The van der Waals surface area contributed by atoms with E-state index in [1.54, 1.807) is 24.9 Å². The summed E-state index contributed by atoms with van der Waals surface area (Å²) in [6.45, 7) is 0.345. The summed E-state index contributed by atoms with van der Waals surface area (Å²) in [6.07, 6.45) is 0. The van der Waals surface area contributed by atoms with Gasteiger partial charge < -0.3 is 10.5 Å². The topological polar surface area (TPSA) is 66.0 Å². The second kappa shape index (κ2) is 4.73. The zero-order valence-electron chi connectivity index (χ0n) is 9.64. The van der Waals surface area contributed by atoms with Crippen molar-refractivity contribution in [2.24, 2.45) is 12.8 Å². The summed E-state index contributed by atoms with van der Waals surface area (Å²) in [4.78, 5) is 4.32. The van der Waals surface area contributed by atoms with E-state index in [0.717, 1.165) is 5.56 Å². The zero-order valence-corrected chi connectivity index (χ0v) is 10.4. The number of ether oxygens (including phenoxy) is 1. The molecule has 0 radical (unpaired) electrons. The third kappa shape index (κ3) is 2.25. The highest BCUT2D eigenvalue weighted by molar-refractivity contribution is 6.33. The number of hydrogen-bond acceptors (Lipinski definition) is 4. The predicted octanol–water partition coefficient (Wildman–Crippen LogP) is 1.60. The lowest BCUT2D eigenvalue weighted by Crippen LogP contribution is -2.05. The Morgan fingerprint density at radius 3 is 2.76 bits per heavy atom. The van der Waals surface area contributed by atoms with E-state index in [2.05, 4.69) is 10.1 Å². The Bertz CT molecular complexity index is 538. The molecular formula is C11H13ClN4O. The number of aromatic nitrogens is 3. The molecule has 0 saturated carbocycles. The first-order valence-corrected chi connectivity index (χ1v) is 5.47. The predicted molar refractivity (Wildman–Crippen MR) is 65.9 cm³/mol. The highest BCUT2D eigenvalue weighted by Crippen LogP contribution is 2.29. The van der Waals surface area contributed by atoms with Crippen molar-refractivity contribution in [3.63, 3.8) is 0 Å². The Hall–Kier alpha value is -1.59. The molecule has 0 aliphatic carbocycles. The first-order chi connectivity index (χ1) is 8.15. The number of nitrogens with zero attached hydrogens (tertiary/aromatic N) is 3. The van der Waals surface area contributed by atoms with Crippen molar-refractivity contribution in [1.82, 2.24) is 14.8 Å². The Morgan fingerprint density at radius 2 is 2.24 bits per heavy atom. The molecule has 0 fully saturated rings. The first-order valence-electron chi connectivity index (χ1n) is 5.09. The van der Waals surface area contributed by atoms with E-state index >= 15 is 0 Å². The SMILES string of the molecule is COc1ccc(-c2nc(CN)n(C)n2)c(Cl)c1. The van der Waals surface area contributed by atoms with Crippen LogP contribution in [0.3, 0.4) is 0 Å². The Labute approximate surface area is 104 Å². The molecule has 90 valence electrons. The zero-order chi connectivity index (χ0) is 12.4. The maximum Gasteiger partial charge on any atom is 0.182 e. The fraction of sp³-hybridized carbons (Fsp3) is 0.273. The molecule has 2 aromatic rings. The van der Waals surface area contributed by atoms with Gasteiger partial charge in [-0.2, -0.15) is 5.10 Å². The van der Waals surface area contributed by atoms with E-state index < -0.39 is 0 Å². The van der Waals surface area contributed by atoms with Crippen molar-refractivity contribution in [1.29, 1.82) is 0 Å². The molecule has 0 saturated heterocycles. The lowest BCUT2D eigenvalue weighted by molar-refractivity contribution is 0.415. The van der Waals surface area contributed by atoms with E-state index in [1.807, 2.05) is 12.1 Å². The smallest absolute Gasteiger partial charge is 0.182 e. The summed E-state index contributed by atoms with van der Waals surface area (Å²) in [5, 5.41) is 4.82.